The topological polar surface area (TPSA) is 125 Å². The quantitative estimate of drug-likeness (QED) is 0.483. The lowest BCUT2D eigenvalue weighted by molar-refractivity contribution is 0.0132. The van der Waals surface area contributed by atoms with Crippen LogP contribution in [0, 0.1) is 0 Å². The molecule has 28 heavy (non-hydrogen) atoms. The summed E-state index contributed by atoms with van der Waals surface area (Å²) in [7, 11) is 1.33. The number of aldehydes is 1. The van der Waals surface area contributed by atoms with E-state index in [1.807, 2.05) is 30.3 Å². The summed E-state index contributed by atoms with van der Waals surface area (Å²) < 4.78 is 10.0. The number of phenols is 1. The number of hydrogen-bond acceptors (Lipinski definition) is 7. The minimum absolute atomic E-state index is 0.0170. The molecular formula is C20H23NO7. The molecule has 0 saturated carbocycles. The molecule has 8 heteroatoms. The van der Waals surface area contributed by atoms with Gasteiger partial charge in [0.25, 0.3) is 0 Å². The molecule has 0 heterocycles. The highest BCUT2D eigenvalue weighted by Crippen LogP contribution is 2.33. The van der Waals surface area contributed by atoms with Crippen LogP contribution in [-0.4, -0.2) is 47.5 Å². The summed E-state index contributed by atoms with van der Waals surface area (Å²) in [5.41, 5.74) is 0.986. The van der Waals surface area contributed by atoms with Crippen LogP contribution in [0.15, 0.2) is 42.5 Å². The Morgan fingerprint density at radius 2 is 1.93 bits per heavy atom. The van der Waals surface area contributed by atoms with Crippen molar-refractivity contribution in [3.63, 3.8) is 0 Å². The van der Waals surface area contributed by atoms with Crippen LogP contribution in [0.5, 0.6) is 11.5 Å². The number of hydrogen-bond donors (Lipinski definition) is 4. The van der Waals surface area contributed by atoms with Crippen LogP contribution in [0.1, 0.15) is 34.0 Å². The Morgan fingerprint density at radius 1 is 1.21 bits per heavy atom. The van der Waals surface area contributed by atoms with Crippen molar-refractivity contribution in [3.05, 3.63) is 59.2 Å². The van der Waals surface area contributed by atoms with E-state index in [1.165, 1.54) is 13.2 Å². The van der Waals surface area contributed by atoms with E-state index in [9.17, 15) is 24.9 Å². The zero-order chi connectivity index (χ0) is 20.5. The normalized spacial score (nSPS) is 12.7. The van der Waals surface area contributed by atoms with Crippen LogP contribution < -0.4 is 10.1 Å². The first-order valence-corrected chi connectivity index (χ1v) is 8.63. The summed E-state index contributed by atoms with van der Waals surface area (Å²) >= 11 is 0. The zero-order valence-electron chi connectivity index (χ0n) is 15.4. The molecule has 150 valence electrons. The largest absolute Gasteiger partial charge is 0.504 e. The third-order valence-electron chi connectivity index (χ3n) is 4.12. The Kier molecular flexibility index (Phi) is 7.79. The van der Waals surface area contributed by atoms with E-state index >= 15 is 0 Å². The molecule has 1 amide bonds. The van der Waals surface area contributed by atoms with Gasteiger partial charge in [0.2, 0.25) is 0 Å². The van der Waals surface area contributed by atoms with Crippen molar-refractivity contribution in [2.45, 2.75) is 25.2 Å². The summed E-state index contributed by atoms with van der Waals surface area (Å²) in [4.78, 5) is 22.9. The van der Waals surface area contributed by atoms with Gasteiger partial charge in [-0.2, -0.15) is 0 Å². The number of aromatic hydroxyl groups is 1. The number of carbonyl (C=O) groups is 2. The van der Waals surface area contributed by atoms with Gasteiger partial charge in [0.05, 0.1) is 13.2 Å². The molecule has 2 rings (SSSR count). The number of aliphatic hydroxyl groups excluding tert-OH is 2. The first-order valence-electron chi connectivity index (χ1n) is 8.63. The number of benzene rings is 2. The molecule has 0 aromatic heterocycles. The van der Waals surface area contributed by atoms with E-state index in [-0.39, 0.29) is 42.2 Å². The lowest BCUT2D eigenvalue weighted by atomic mass is 9.97. The van der Waals surface area contributed by atoms with Crippen LogP contribution in [0.25, 0.3) is 0 Å². The molecule has 0 radical (unpaired) electrons. The zero-order valence-corrected chi connectivity index (χ0v) is 15.4. The molecule has 0 saturated heterocycles. The van der Waals surface area contributed by atoms with Crippen LogP contribution in [-0.2, 0) is 11.3 Å². The van der Waals surface area contributed by atoms with Gasteiger partial charge < -0.3 is 30.1 Å². The standard InChI is InChI=1S/C20H23NO7/c1-27-18-10-15(14(11-22)9-17(18)24)19(25)16(23)7-8-21-20(26)28-12-13-5-3-2-4-6-13/h2-6,9-11,16,19,23-25H,7-8,12H2,1H3,(H,21,26). The predicted molar refractivity (Wildman–Crippen MR) is 100 cm³/mol. The molecule has 0 fully saturated rings. The molecule has 4 N–H and O–H groups in total. The Morgan fingerprint density at radius 3 is 2.57 bits per heavy atom. The molecule has 0 spiro atoms. The van der Waals surface area contributed by atoms with E-state index in [0.717, 1.165) is 11.6 Å². The lowest BCUT2D eigenvalue weighted by Crippen LogP contribution is -2.30. The number of amides is 1. The average molecular weight is 389 g/mol. The van der Waals surface area contributed by atoms with E-state index in [4.69, 9.17) is 9.47 Å². The van der Waals surface area contributed by atoms with Crippen molar-refractivity contribution in [1.82, 2.24) is 5.32 Å². The Balaban J connectivity index is 1.86. The van der Waals surface area contributed by atoms with Crippen LogP contribution >= 0.6 is 0 Å². The fourth-order valence-corrected chi connectivity index (χ4v) is 2.58. The van der Waals surface area contributed by atoms with Gasteiger partial charge in [-0.05, 0) is 29.7 Å². The van der Waals surface area contributed by atoms with E-state index < -0.39 is 18.3 Å². The molecule has 0 aliphatic rings. The van der Waals surface area contributed by atoms with E-state index in [0.29, 0.717) is 6.29 Å². The number of alkyl carbamates (subject to hydrolysis) is 1. The molecule has 0 bridgehead atoms. The number of carbonyl (C=O) groups excluding carboxylic acids is 2. The van der Waals surface area contributed by atoms with Crippen molar-refractivity contribution in [3.8, 4) is 11.5 Å². The summed E-state index contributed by atoms with van der Waals surface area (Å²) in [6.45, 7) is 0.172. The molecule has 2 aromatic carbocycles. The van der Waals surface area contributed by atoms with Crippen LogP contribution in [0.3, 0.4) is 0 Å². The van der Waals surface area contributed by atoms with Gasteiger partial charge >= 0.3 is 6.09 Å². The first-order chi connectivity index (χ1) is 13.5. The van der Waals surface area contributed by atoms with Crippen molar-refractivity contribution in [1.29, 1.82) is 0 Å². The first kappa shape index (κ1) is 21.2. The summed E-state index contributed by atoms with van der Waals surface area (Å²) in [6, 6.07) is 11.6. The SMILES string of the molecule is COc1cc(C(O)C(O)CCNC(=O)OCc2ccccc2)c(C=O)cc1O. The number of ether oxygens (including phenoxy) is 2. The van der Waals surface area contributed by atoms with E-state index in [1.54, 1.807) is 0 Å². The minimum atomic E-state index is -1.41. The highest BCUT2D eigenvalue weighted by Gasteiger charge is 2.23. The van der Waals surface area contributed by atoms with E-state index in [2.05, 4.69) is 5.32 Å². The molecule has 0 aliphatic carbocycles. The highest BCUT2D eigenvalue weighted by molar-refractivity contribution is 5.79. The van der Waals surface area contributed by atoms with Crippen molar-refractivity contribution in [2.75, 3.05) is 13.7 Å². The third kappa shape index (κ3) is 5.70. The second-order valence-corrected chi connectivity index (χ2v) is 6.06. The molecule has 0 aliphatic heterocycles. The van der Waals surface area contributed by atoms with Gasteiger partial charge in [0.15, 0.2) is 17.8 Å². The number of methoxy groups -OCH3 is 1. The second-order valence-electron chi connectivity index (χ2n) is 6.06. The maximum Gasteiger partial charge on any atom is 0.407 e. The minimum Gasteiger partial charge on any atom is -0.504 e. The van der Waals surface area contributed by atoms with Crippen LogP contribution in [0.4, 0.5) is 4.79 Å². The van der Waals surface area contributed by atoms with Crippen LogP contribution in [0.2, 0.25) is 0 Å². The van der Waals surface area contributed by atoms with Gasteiger partial charge in [-0.1, -0.05) is 30.3 Å². The van der Waals surface area contributed by atoms with Crippen molar-refractivity contribution in [2.24, 2.45) is 0 Å². The second kappa shape index (κ2) is 10.3. The van der Waals surface area contributed by atoms with Gasteiger partial charge in [0.1, 0.15) is 12.7 Å². The highest BCUT2D eigenvalue weighted by atomic mass is 16.5. The molecule has 2 unspecified atom stereocenters. The smallest absolute Gasteiger partial charge is 0.407 e. The number of nitrogens with one attached hydrogen (secondary N) is 1. The summed E-state index contributed by atoms with van der Waals surface area (Å²) in [6.07, 6.45) is -2.84. The Labute approximate surface area is 162 Å². The number of rotatable bonds is 9. The average Bonchev–Trinajstić information content (AvgIpc) is 2.72. The monoisotopic (exact) mass is 389 g/mol. The van der Waals surface area contributed by atoms with Gasteiger partial charge in [-0.25, -0.2) is 4.79 Å². The van der Waals surface area contributed by atoms with Crippen molar-refractivity contribution >= 4 is 12.4 Å². The van der Waals surface area contributed by atoms with Gasteiger partial charge in [-0.15, -0.1) is 0 Å². The van der Waals surface area contributed by atoms with Gasteiger partial charge in [-0.3, -0.25) is 4.79 Å². The maximum atomic E-state index is 11.7. The third-order valence-corrected chi connectivity index (χ3v) is 4.12. The lowest BCUT2D eigenvalue weighted by Gasteiger charge is -2.20. The fourth-order valence-electron chi connectivity index (χ4n) is 2.58. The maximum absolute atomic E-state index is 11.7. The summed E-state index contributed by atoms with van der Waals surface area (Å²) in [5, 5.41) is 32.7. The molecule has 2 atom stereocenters. The molecule has 2 aromatic rings. The Hall–Kier alpha value is -3.10. The molecule has 8 nitrogen and oxygen atoms in total. The Bertz CT molecular complexity index is 795. The molecular weight excluding hydrogens is 366 g/mol. The summed E-state index contributed by atoms with van der Waals surface area (Å²) in [5.74, 6) is -0.188. The van der Waals surface area contributed by atoms with Gasteiger partial charge in [0, 0.05) is 12.1 Å². The number of phenolic OH excluding ortho intramolecular Hbond substituents is 1. The fraction of sp³-hybridized carbons (Fsp3) is 0.300. The predicted octanol–water partition coefficient (Wildman–Crippen LogP) is 1.92. The van der Waals surface area contributed by atoms with Crippen molar-refractivity contribution < 1.29 is 34.4 Å². The number of aliphatic hydroxyl groups is 2.